The number of benzene rings is 1. The summed E-state index contributed by atoms with van der Waals surface area (Å²) in [5.74, 6) is -7.54. The van der Waals surface area contributed by atoms with Gasteiger partial charge in [0.2, 0.25) is 29.5 Å². The van der Waals surface area contributed by atoms with Crippen LogP contribution in [0, 0.1) is 0 Å². The summed E-state index contributed by atoms with van der Waals surface area (Å²) in [7, 11) is 0. The number of nitrogens with two attached hydrogens (primary N) is 1. The number of carboxylic acids is 2. The Morgan fingerprint density at radius 1 is 0.851 bits per heavy atom. The second kappa shape index (κ2) is 17.8. The van der Waals surface area contributed by atoms with E-state index in [-0.39, 0.29) is 18.6 Å². The van der Waals surface area contributed by atoms with Crippen LogP contribution in [-0.4, -0.2) is 115 Å². The fourth-order valence-electron chi connectivity index (χ4n) is 4.04. The van der Waals surface area contributed by atoms with Gasteiger partial charge in [0.05, 0.1) is 31.4 Å². The minimum Gasteiger partial charge on any atom is -0.508 e. The van der Waals surface area contributed by atoms with Crippen LogP contribution in [0.15, 0.2) is 36.8 Å². The number of aromatic amines is 1. The van der Waals surface area contributed by atoms with Gasteiger partial charge in [-0.3, -0.25) is 28.8 Å². The number of phenolic OH excluding ortho intramolecular Hbond substituents is 1. The third kappa shape index (κ3) is 12.8. The molecule has 1 aromatic heterocycles. The van der Waals surface area contributed by atoms with Gasteiger partial charge in [-0.1, -0.05) is 12.1 Å². The van der Waals surface area contributed by atoms with Crippen molar-refractivity contribution in [2.75, 3.05) is 6.54 Å². The van der Waals surface area contributed by atoms with Crippen molar-refractivity contribution in [3.05, 3.63) is 48.0 Å². The zero-order valence-electron chi connectivity index (χ0n) is 25.4. The minimum absolute atomic E-state index is 0.0371. The fourth-order valence-corrected chi connectivity index (χ4v) is 4.04. The van der Waals surface area contributed by atoms with Crippen molar-refractivity contribution in [2.24, 2.45) is 5.73 Å². The number of hydrogen-bond donors (Lipinski definition) is 11. The zero-order valence-corrected chi connectivity index (χ0v) is 25.4. The molecule has 1 heterocycles. The summed E-state index contributed by atoms with van der Waals surface area (Å²) >= 11 is 0. The standard InChI is InChI=1S/C28H38N8O11/c1-13(24(42)35-20(28(46)47)9-22(40)41)33-27(45)23(14(2)37)36-21(39)11-31-26(44)19(8-16-10-30-12-32-16)34-25(43)18(29)7-15-3-5-17(38)6-4-15/h3-6,10,12-14,18-20,23,37-38H,7-9,11,29H2,1-2H3,(H,30,32)(H,31,44)(H,33,45)(H,34,43)(H,35,42)(H,36,39)(H,40,41)(H,46,47)/t13-,14+,18-,19-,20-,23-/m0/s1. The summed E-state index contributed by atoms with van der Waals surface area (Å²) in [6.07, 6.45) is 0.418. The van der Waals surface area contributed by atoms with Crippen LogP contribution in [-0.2, 0) is 46.4 Å². The number of nitrogens with one attached hydrogen (secondary N) is 6. The third-order valence-electron chi connectivity index (χ3n) is 6.59. The van der Waals surface area contributed by atoms with Crippen LogP contribution >= 0.6 is 0 Å². The largest absolute Gasteiger partial charge is 0.508 e. The minimum atomic E-state index is -1.77. The lowest BCUT2D eigenvalue weighted by Crippen LogP contribution is -2.59. The van der Waals surface area contributed by atoms with Gasteiger partial charge < -0.3 is 57.7 Å². The van der Waals surface area contributed by atoms with E-state index in [2.05, 4.69) is 31.2 Å². The number of phenols is 1. The molecule has 2 rings (SSSR count). The second-order valence-corrected chi connectivity index (χ2v) is 10.6. The zero-order chi connectivity index (χ0) is 35.3. The molecule has 0 aliphatic rings. The van der Waals surface area contributed by atoms with Crippen molar-refractivity contribution in [2.45, 2.75) is 69.4 Å². The van der Waals surface area contributed by atoms with Crippen LogP contribution in [0.1, 0.15) is 31.5 Å². The molecule has 0 saturated heterocycles. The molecule has 0 bridgehead atoms. The topological polar surface area (TPSA) is 315 Å². The summed E-state index contributed by atoms with van der Waals surface area (Å²) in [4.78, 5) is 92.3. The Balaban J connectivity index is 1.99. The maximum absolute atomic E-state index is 13.0. The van der Waals surface area contributed by atoms with Gasteiger partial charge in [-0.05, 0) is 38.0 Å². The molecule has 0 spiro atoms. The first-order chi connectivity index (χ1) is 22.1. The number of nitrogens with zero attached hydrogens (tertiary/aromatic N) is 1. The van der Waals surface area contributed by atoms with Crippen molar-refractivity contribution in [1.29, 1.82) is 0 Å². The number of carboxylic acid groups (broad SMARTS) is 2. The number of aromatic hydroxyl groups is 1. The smallest absolute Gasteiger partial charge is 0.326 e. The SMILES string of the molecule is C[C@H](NC(=O)[C@@H](NC(=O)CNC(=O)[C@H](Cc1cnc[nH]1)NC(=O)[C@@H](N)Cc1ccc(O)cc1)[C@@H](C)O)C(=O)N[C@@H](CC(=O)O)C(=O)O. The van der Waals surface area contributed by atoms with E-state index >= 15 is 0 Å². The number of carbonyl (C=O) groups is 7. The van der Waals surface area contributed by atoms with Gasteiger partial charge in [-0.15, -0.1) is 0 Å². The van der Waals surface area contributed by atoms with Crippen LogP contribution in [0.3, 0.4) is 0 Å². The normalized spacial score (nSPS) is 14.6. The number of aromatic nitrogens is 2. The number of H-pyrrole nitrogens is 1. The van der Waals surface area contributed by atoms with Crippen molar-refractivity contribution in [3.8, 4) is 5.75 Å². The van der Waals surface area contributed by atoms with Crippen molar-refractivity contribution >= 4 is 41.5 Å². The Morgan fingerprint density at radius 3 is 2.04 bits per heavy atom. The molecule has 256 valence electrons. The van der Waals surface area contributed by atoms with Crippen LogP contribution in [0.2, 0.25) is 0 Å². The monoisotopic (exact) mass is 662 g/mol. The lowest BCUT2D eigenvalue weighted by Gasteiger charge is -2.24. The van der Waals surface area contributed by atoms with Gasteiger partial charge in [-0.25, -0.2) is 9.78 Å². The number of aliphatic carboxylic acids is 2. The van der Waals surface area contributed by atoms with Gasteiger partial charge in [0.25, 0.3) is 0 Å². The highest BCUT2D eigenvalue weighted by atomic mass is 16.4. The number of rotatable bonds is 18. The van der Waals surface area contributed by atoms with Crippen molar-refractivity contribution in [3.63, 3.8) is 0 Å². The van der Waals surface area contributed by atoms with Gasteiger partial charge in [0, 0.05) is 18.3 Å². The molecule has 5 amide bonds. The average Bonchev–Trinajstić information content (AvgIpc) is 3.51. The molecule has 0 unspecified atom stereocenters. The Bertz CT molecular complexity index is 1420. The summed E-state index contributed by atoms with van der Waals surface area (Å²) < 4.78 is 0. The first kappa shape index (κ1) is 37.6. The van der Waals surface area contributed by atoms with E-state index in [1.807, 2.05) is 5.32 Å². The van der Waals surface area contributed by atoms with Crippen LogP contribution < -0.4 is 32.3 Å². The molecule has 0 radical (unpaired) electrons. The highest BCUT2D eigenvalue weighted by Gasteiger charge is 2.31. The van der Waals surface area contributed by atoms with E-state index < -0.39 is 90.8 Å². The van der Waals surface area contributed by atoms with Gasteiger partial charge in [0.1, 0.15) is 29.9 Å². The van der Waals surface area contributed by atoms with Gasteiger partial charge in [0.15, 0.2) is 0 Å². The first-order valence-corrected chi connectivity index (χ1v) is 14.2. The van der Waals surface area contributed by atoms with Crippen LogP contribution in [0.25, 0.3) is 0 Å². The average molecular weight is 663 g/mol. The highest BCUT2D eigenvalue weighted by molar-refractivity contribution is 5.95. The van der Waals surface area contributed by atoms with E-state index in [9.17, 15) is 43.8 Å². The quantitative estimate of drug-likeness (QED) is 0.0732. The number of aliphatic hydroxyl groups is 1. The van der Waals surface area contributed by atoms with Crippen molar-refractivity contribution < 1.29 is 54.0 Å². The number of hydrogen-bond acceptors (Lipinski definition) is 11. The number of amides is 5. The molecule has 19 nitrogen and oxygen atoms in total. The van der Waals surface area contributed by atoms with E-state index in [0.29, 0.717) is 11.3 Å². The number of carbonyl (C=O) groups excluding carboxylic acids is 5. The number of aliphatic hydroxyl groups excluding tert-OH is 1. The molecule has 12 N–H and O–H groups in total. The molecule has 0 saturated carbocycles. The third-order valence-corrected chi connectivity index (χ3v) is 6.59. The maximum atomic E-state index is 13.0. The molecule has 1 aromatic carbocycles. The summed E-state index contributed by atoms with van der Waals surface area (Å²) in [5.41, 5.74) is 7.16. The Morgan fingerprint density at radius 2 is 1.49 bits per heavy atom. The summed E-state index contributed by atoms with van der Waals surface area (Å²) in [5, 5.41) is 48.7. The molecule has 0 fully saturated rings. The fraction of sp³-hybridized carbons (Fsp3) is 0.429. The molecule has 19 heteroatoms. The maximum Gasteiger partial charge on any atom is 0.326 e. The van der Waals surface area contributed by atoms with E-state index in [1.165, 1.54) is 38.5 Å². The molecular formula is C28H38N8O11. The number of imidazole rings is 1. The lowest BCUT2D eigenvalue weighted by atomic mass is 10.0. The van der Waals surface area contributed by atoms with E-state index in [1.54, 1.807) is 12.1 Å². The van der Waals surface area contributed by atoms with Crippen LogP contribution in [0.4, 0.5) is 0 Å². The molecule has 6 atom stereocenters. The second-order valence-electron chi connectivity index (χ2n) is 10.6. The predicted molar refractivity (Wildman–Crippen MR) is 160 cm³/mol. The summed E-state index contributed by atoms with van der Waals surface area (Å²) in [6.45, 7) is 1.63. The Kier molecular flexibility index (Phi) is 14.3. The molecule has 2 aromatic rings. The molecule has 47 heavy (non-hydrogen) atoms. The van der Waals surface area contributed by atoms with Gasteiger partial charge >= 0.3 is 11.9 Å². The van der Waals surface area contributed by atoms with Crippen molar-refractivity contribution in [1.82, 2.24) is 36.6 Å². The molecule has 0 aliphatic carbocycles. The van der Waals surface area contributed by atoms with Gasteiger partial charge in [-0.2, -0.15) is 0 Å². The van der Waals surface area contributed by atoms with E-state index in [4.69, 9.17) is 15.9 Å². The highest BCUT2D eigenvalue weighted by Crippen LogP contribution is 2.11. The van der Waals surface area contributed by atoms with E-state index in [0.717, 1.165) is 0 Å². The first-order valence-electron chi connectivity index (χ1n) is 14.2. The lowest BCUT2D eigenvalue weighted by molar-refractivity contribution is -0.147. The molecular weight excluding hydrogens is 624 g/mol. The Hall–Kier alpha value is -5.56. The van der Waals surface area contributed by atoms with Crippen LogP contribution in [0.5, 0.6) is 5.75 Å². The predicted octanol–water partition coefficient (Wildman–Crippen LogP) is -3.76. The Labute approximate surface area is 267 Å². The summed E-state index contributed by atoms with van der Waals surface area (Å²) in [6, 6.07) is -1.03. The molecule has 0 aliphatic heterocycles.